The summed E-state index contributed by atoms with van der Waals surface area (Å²) in [6, 6.07) is 4.86. The molecule has 1 fully saturated rings. The molecule has 1 aliphatic rings. The molecule has 1 atom stereocenters. The lowest BCUT2D eigenvalue weighted by Gasteiger charge is -2.14. The third kappa shape index (κ3) is 2.90. The van der Waals surface area contributed by atoms with E-state index in [4.69, 9.17) is 10.3 Å². The summed E-state index contributed by atoms with van der Waals surface area (Å²) in [7, 11) is 0. The zero-order valence-electron chi connectivity index (χ0n) is 13.0. The van der Waals surface area contributed by atoms with E-state index in [0.29, 0.717) is 30.0 Å². The molecule has 0 aliphatic carbocycles. The van der Waals surface area contributed by atoms with Gasteiger partial charge in [0.1, 0.15) is 11.8 Å². The van der Waals surface area contributed by atoms with Gasteiger partial charge >= 0.3 is 0 Å². The average molecular weight is 314 g/mol. The number of nitrogen functional groups attached to an aromatic ring is 1. The Hall–Kier alpha value is -2.83. The summed E-state index contributed by atoms with van der Waals surface area (Å²) in [6.07, 6.45) is 0.862. The number of rotatable bonds is 3. The van der Waals surface area contributed by atoms with Crippen LogP contribution in [0.5, 0.6) is 0 Å². The predicted octanol–water partition coefficient (Wildman–Crippen LogP) is 1.76. The monoisotopic (exact) mass is 314 g/mol. The molecule has 0 saturated carbocycles. The van der Waals surface area contributed by atoms with Crippen molar-refractivity contribution in [2.75, 3.05) is 11.1 Å². The Kier molecular flexibility index (Phi) is 3.77. The Bertz CT molecular complexity index is 762. The Labute approximate surface area is 133 Å². The summed E-state index contributed by atoms with van der Waals surface area (Å²) in [5, 5.41) is 9.36. The van der Waals surface area contributed by atoms with E-state index in [9.17, 15) is 9.59 Å². The molecule has 1 aromatic heterocycles. The van der Waals surface area contributed by atoms with Crippen molar-refractivity contribution in [1.29, 1.82) is 0 Å². The van der Waals surface area contributed by atoms with Gasteiger partial charge in [-0.1, -0.05) is 11.2 Å². The number of nitrogens with two attached hydrogens (primary N) is 1. The molecule has 120 valence electrons. The van der Waals surface area contributed by atoms with Crippen LogP contribution in [0.1, 0.15) is 24.3 Å². The fourth-order valence-electron chi connectivity index (χ4n) is 2.75. The third-order valence-corrected chi connectivity index (χ3v) is 3.94. The summed E-state index contributed by atoms with van der Waals surface area (Å²) in [6.45, 7) is 3.69. The van der Waals surface area contributed by atoms with Gasteiger partial charge in [0.15, 0.2) is 0 Å². The van der Waals surface area contributed by atoms with Gasteiger partial charge in [-0.2, -0.15) is 0 Å². The molecule has 7 nitrogen and oxygen atoms in total. The Morgan fingerprint density at radius 3 is 2.83 bits per heavy atom. The molecule has 0 radical (unpaired) electrons. The van der Waals surface area contributed by atoms with Crippen LogP contribution in [0.3, 0.4) is 0 Å². The number of aromatic nitrogens is 1. The van der Waals surface area contributed by atoms with Gasteiger partial charge in [0, 0.05) is 12.0 Å². The van der Waals surface area contributed by atoms with Crippen molar-refractivity contribution < 1.29 is 14.1 Å². The number of anilines is 2. The number of nitrogens with one attached hydrogen (secondary N) is 2. The largest absolute Gasteiger partial charge is 0.397 e. The van der Waals surface area contributed by atoms with Gasteiger partial charge in [-0.15, -0.1) is 0 Å². The molecule has 1 aliphatic heterocycles. The first-order valence-electron chi connectivity index (χ1n) is 7.38. The van der Waals surface area contributed by atoms with Gasteiger partial charge in [0.2, 0.25) is 11.8 Å². The highest BCUT2D eigenvalue weighted by molar-refractivity contribution is 6.01. The van der Waals surface area contributed by atoms with Gasteiger partial charge < -0.3 is 20.9 Å². The topological polar surface area (TPSA) is 110 Å². The quantitative estimate of drug-likeness (QED) is 0.748. The molecule has 2 heterocycles. The van der Waals surface area contributed by atoms with Crippen LogP contribution in [0.4, 0.5) is 11.4 Å². The van der Waals surface area contributed by atoms with Crippen LogP contribution in [0.25, 0.3) is 11.1 Å². The molecular weight excluding hydrogens is 296 g/mol. The van der Waals surface area contributed by atoms with Crippen molar-refractivity contribution in [3.05, 3.63) is 29.7 Å². The number of aryl methyl sites for hydroxylation is 2. The lowest BCUT2D eigenvalue weighted by atomic mass is 10.0. The van der Waals surface area contributed by atoms with Gasteiger partial charge in [0.25, 0.3) is 0 Å². The van der Waals surface area contributed by atoms with Gasteiger partial charge in [-0.25, -0.2) is 0 Å². The fourth-order valence-corrected chi connectivity index (χ4v) is 2.75. The predicted molar refractivity (Wildman–Crippen MR) is 85.6 cm³/mol. The number of carbonyl (C=O) groups excluding carboxylic acids is 2. The number of nitrogens with zero attached hydrogens (tertiary/aromatic N) is 1. The number of hydrogen-bond acceptors (Lipinski definition) is 5. The minimum Gasteiger partial charge on any atom is -0.397 e. The van der Waals surface area contributed by atoms with E-state index in [2.05, 4.69) is 15.8 Å². The van der Waals surface area contributed by atoms with Gasteiger partial charge in [-0.3, -0.25) is 9.59 Å². The molecule has 4 N–H and O–H groups in total. The Morgan fingerprint density at radius 2 is 2.22 bits per heavy atom. The van der Waals surface area contributed by atoms with Crippen LogP contribution in [-0.4, -0.2) is 23.0 Å². The third-order valence-electron chi connectivity index (χ3n) is 3.94. The second-order valence-corrected chi connectivity index (χ2v) is 5.65. The molecule has 3 rings (SSSR count). The van der Waals surface area contributed by atoms with Crippen molar-refractivity contribution in [3.8, 4) is 11.1 Å². The first-order valence-corrected chi connectivity index (χ1v) is 7.38. The zero-order chi connectivity index (χ0) is 16.6. The second-order valence-electron chi connectivity index (χ2n) is 5.65. The van der Waals surface area contributed by atoms with Crippen molar-refractivity contribution in [1.82, 2.24) is 10.5 Å². The van der Waals surface area contributed by atoms with E-state index in [0.717, 1.165) is 16.8 Å². The number of carbonyl (C=O) groups is 2. The van der Waals surface area contributed by atoms with Crippen LogP contribution in [0.2, 0.25) is 0 Å². The summed E-state index contributed by atoms with van der Waals surface area (Å²) >= 11 is 0. The van der Waals surface area contributed by atoms with Crippen LogP contribution in [0.15, 0.2) is 22.7 Å². The van der Waals surface area contributed by atoms with E-state index in [1.807, 2.05) is 19.9 Å². The lowest BCUT2D eigenvalue weighted by molar-refractivity contribution is -0.122. The van der Waals surface area contributed by atoms with Gasteiger partial charge in [0.05, 0.1) is 17.1 Å². The Morgan fingerprint density at radius 1 is 1.43 bits per heavy atom. The lowest BCUT2D eigenvalue weighted by Crippen LogP contribution is -2.37. The summed E-state index contributed by atoms with van der Waals surface area (Å²) in [4.78, 5) is 23.5. The maximum Gasteiger partial charge on any atom is 0.247 e. The van der Waals surface area contributed by atoms with E-state index in [-0.39, 0.29) is 11.8 Å². The number of hydrogen-bond donors (Lipinski definition) is 3. The van der Waals surface area contributed by atoms with Crippen LogP contribution >= 0.6 is 0 Å². The maximum absolute atomic E-state index is 12.2. The fraction of sp³-hybridized carbons (Fsp3) is 0.312. The highest BCUT2D eigenvalue weighted by atomic mass is 16.5. The molecule has 0 spiro atoms. The highest BCUT2D eigenvalue weighted by Gasteiger charge is 2.27. The molecule has 1 unspecified atom stereocenters. The second kappa shape index (κ2) is 5.75. The van der Waals surface area contributed by atoms with E-state index < -0.39 is 6.04 Å². The minimum atomic E-state index is -0.510. The normalized spacial score (nSPS) is 17.1. The summed E-state index contributed by atoms with van der Waals surface area (Å²) in [5.74, 6) is 0.327. The van der Waals surface area contributed by atoms with Crippen molar-refractivity contribution in [2.24, 2.45) is 0 Å². The number of benzene rings is 1. The maximum atomic E-state index is 12.2. The van der Waals surface area contributed by atoms with E-state index >= 15 is 0 Å². The molecule has 2 aromatic rings. The molecular formula is C16H18N4O3. The SMILES string of the molecule is Cc1noc(C)c1-c1ccc(N)c(NC(=O)C2CCC(=O)N2)c1. The number of amides is 2. The Balaban J connectivity index is 1.87. The minimum absolute atomic E-state index is 0.109. The van der Waals surface area contributed by atoms with Crippen LogP contribution < -0.4 is 16.4 Å². The van der Waals surface area contributed by atoms with Crippen molar-refractivity contribution in [3.63, 3.8) is 0 Å². The first kappa shape index (κ1) is 15.1. The van der Waals surface area contributed by atoms with Crippen molar-refractivity contribution in [2.45, 2.75) is 32.7 Å². The molecule has 2 amide bonds. The summed E-state index contributed by atoms with van der Waals surface area (Å²) in [5.41, 5.74) is 9.43. The average Bonchev–Trinajstić information content (AvgIpc) is 3.08. The van der Waals surface area contributed by atoms with E-state index in [1.165, 1.54) is 0 Å². The van der Waals surface area contributed by atoms with Gasteiger partial charge in [-0.05, 0) is 38.0 Å². The molecule has 7 heteroatoms. The first-order chi connectivity index (χ1) is 11.0. The molecule has 0 bridgehead atoms. The summed E-state index contributed by atoms with van der Waals surface area (Å²) < 4.78 is 5.18. The molecule has 23 heavy (non-hydrogen) atoms. The van der Waals surface area contributed by atoms with Crippen molar-refractivity contribution >= 4 is 23.2 Å². The standard InChI is InChI=1S/C16H18N4O3/c1-8-15(9(2)23-20-8)10-3-4-11(17)13(7-10)19-16(22)12-5-6-14(21)18-12/h3-4,7,12H,5-6,17H2,1-2H3,(H,18,21)(H,19,22). The molecule has 1 saturated heterocycles. The highest BCUT2D eigenvalue weighted by Crippen LogP contribution is 2.31. The van der Waals surface area contributed by atoms with Crippen LogP contribution in [-0.2, 0) is 9.59 Å². The van der Waals surface area contributed by atoms with Crippen LogP contribution in [0, 0.1) is 13.8 Å². The zero-order valence-corrected chi connectivity index (χ0v) is 13.0. The van der Waals surface area contributed by atoms with E-state index in [1.54, 1.807) is 12.1 Å². The smallest absolute Gasteiger partial charge is 0.247 e. The molecule has 1 aromatic carbocycles.